The number of hydrogen-bond acceptors (Lipinski definition) is 3. The Kier molecular flexibility index (Phi) is 4.84. The number of benzene rings is 1. The molecular formula is C15H13BrFNO2. The number of ether oxygens (including phenoxy) is 1. The Bertz CT molecular complexity index is 594. The van der Waals surface area contributed by atoms with Crippen LogP contribution in [0.15, 0.2) is 41.0 Å². The fraction of sp³-hybridized carbons (Fsp3) is 0.200. The Balaban J connectivity index is 2.01. The second kappa shape index (κ2) is 6.61. The van der Waals surface area contributed by atoms with Crippen LogP contribution >= 0.6 is 15.9 Å². The molecule has 3 nitrogen and oxygen atoms in total. The minimum atomic E-state index is -0.353. The average Bonchev–Trinajstić information content (AvgIpc) is 2.38. The number of ketones is 1. The number of carbonyl (C=O) groups excluding carboxylic acids is 1. The molecule has 0 radical (unpaired) electrons. The normalized spacial score (nSPS) is 10.3. The van der Waals surface area contributed by atoms with Crippen LogP contribution < -0.4 is 4.74 Å². The molecule has 0 N–H and O–H groups in total. The standard InChI is InChI=1S/C15H13BrFNO2/c1-20-15-3-2-10(9-18-15)6-14(19)7-11-4-12(16)8-13(17)5-11/h2-5,8-9H,6-7H2,1H3. The predicted molar refractivity (Wildman–Crippen MR) is 77.3 cm³/mol. The molecule has 0 saturated carbocycles. The Morgan fingerprint density at radius 2 is 2.00 bits per heavy atom. The third-order valence-corrected chi connectivity index (χ3v) is 3.19. The van der Waals surface area contributed by atoms with Gasteiger partial charge < -0.3 is 4.74 Å². The van der Waals surface area contributed by atoms with Crippen LogP contribution in [-0.4, -0.2) is 17.9 Å². The van der Waals surface area contributed by atoms with Gasteiger partial charge in [0.05, 0.1) is 7.11 Å². The topological polar surface area (TPSA) is 39.2 Å². The molecule has 104 valence electrons. The Hall–Kier alpha value is -1.75. The van der Waals surface area contributed by atoms with E-state index in [1.807, 2.05) is 0 Å². The highest BCUT2D eigenvalue weighted by atomic mass is 79.9. The lowest BCUT2D eigenvalue weighted by molar-refractivity contribution is -0.117. The van der Waals surface area contributed by atoms with Gasteiger partial charge in [0.25, 0.3) is 0 Å². The van der Waals surface area contributed by atoms with Crippen LogP contribution in [-0.2, 0) is 17.6 Å². The van der Waals surface area contributed by atoms with Crippen molar-refractivity contribution in [2.24, 2.45) is 0 Å². The van der Waals surface area contributed by atoms with Crippen molar-refractivity contribution in [2.45, 2.75) is 12.8 Å². The highest BCUT2D eigenvalue weighted by molar-refractivity contribution is 9.10. The van der Waals surface area contributed by atoms with Crippen molar-refractivity contribution in [1.29, 1.82) is 0 Å². The molecular weight excluding hydrogens is 325 g/mol. The molecule has 1 aromatic carbocycles. The molecule has 0 fully saturated rings. The monoisotopic (exact) mass is 337 g/mol. The number of carbonyl (C=O) groups is 1. The molecule has 2 aromatic rings. The van der Waals surface area contributed by atoms with E-state index in [1.165, 1.54) is 19.2 Å². The first kappa shape index (κ1) is 14.7. The third kappa shape index (κ3) is 4.13. The lowest BCUT2D eigenvalue weighted by Crippen LogP contribution is -2.07. The van der Waals surface area contributed by atoms with E-state index < -0.39 is 0 Å². The van der Waals surface area contributed by atoms with E-state index in [-0.39, 0.29) is 24.4 Å². The molecule has 1 aromatic heterocycles. The van der Waals surface area contributed by atoms with E-state index in [9.17, 15) is 9.18 Å². The molecule has 0 bridgehead atoms. The largest absolute Gasteiger partial charge is 0.481 e. The van der Waals surface area contributed by atoms with Crippen molar-refractivity contribution in [3.05, 3.63) is 57.9 Å². The molecule has 0 amide bonds. The number of pyridine rings is 1. The van der Waals surface area contributed by atoms with Gasteiger partial charge >= 0.3 is 0 Å². The number of methoxy groups -OCH3 is 1. The molecule has 0 spiro atoms. The van der Waals surface area contributed by atoms with Gasteiger partial charge in [-0.1, -0.05) is 22.0 Å². The SMILES string of the molecule is COc1ccc(CC(=O)Cc2cc(F)cc(Br)c2)cn1. The zero-order valence-electron chi connectivity index (χ0n) is 10.9. The number of hydrogen-bond donors (Lipinski definition) is 0. The van der Waals surface area contributed by atoms with E-state index in [0.717, 1.165) is 5.56 Å². The van der Waals surface area contributed by atoms with E-state index in [1.54, 1.807) is 24.4 Å². The van der Waals surface area contributed by atoms with Crippen LogP contribution in [0.25, 0.3) is 0 Å². The Morgan fingerprint density at radius 1 is 1.25 bits per heavy atom. The van der Waals surface area contributed by atoms with Gasteiger partial charge in [0.2, 0.25) is 5.88 Å². The first-order chi connectivity index (χ1) is 9.56. The minimum absolute atomic E-state index is 0.00877. The smallest absolute Gasteiger partial charge is 0.212 e. The summed E-state index contributed by atoms with van der Waals surface area (Å²) >= 11 is 3.21. The summed E-state index contributed by atoms with van der Waals surface area (Å²) in [5.41, 5.74) is 1.47. The van der Waals surface area contributed by atoms with Crippen molar-refractivity contribution in [1.82, 2.24) is 4.98 Å². The predicted octanol–water partition coefficient (Wildman–Crippen LogP) is 3.35. The Morgan fingerprint density at radius 3 is 2.60 bits per heavy atom. The summed E-state index contributed by atoms with van der Waals surface area (Å²) in [6, 6.07) is 7.98. The lowest BCUT2D eigenvalue weighted by Gasteiger charge is -2.04. The molecule has 2 rings (SSSR count). The van der Waals surface area contributed by atoms with Crippen LogP contribution in [0, 0.1) is 5.82 Å². The summed E-state index contributed by atoms with van der Waals surface area (Å²) in [7, 11) is 1.54. The molecule has 5 heteroatoms. The van der Waals surface area contributed by atoms with Crippen LogP contribution in [0.5, 0.6) is 5.88 Å². The zero-order chi connectivity index (χ0) is 14.5. The molecule has 0 atom stereocenters. The summed E-state index contributed by atoms with van der Waals surface area (Å²) < 4.78 is 18.8. The summed E-state index contributed by atoms with van der Waals surface area (Å²) in [5, 5.41) is 0. The summed E-state index contributed by atoms with van der Waals surface area (Å²) in [6.45, 7) is 0. The van der Waals surface area contributed by atoms with E-state index >= 15 is 0 Å². The van der Waals surface area contributed by atoms with Gasteiger partial charge in [-0.15, -0.1) is 0 Å². The van der Waals surface area contributed by atoms with Gasteiger partial charge in [-0.3, -0.25) is 4.79 Å². The van der Waals surface area contributed by atoms with Crippen molar-refractivity contribution < 1.29 is 13.9 Å². The molecule has 0 aliphatic rings. The number of nitrogens with zero attached hydrogens (tertiary/aromatic N) is 1. The number of rotatable bonds is 5. The Labute approximate surface area is 124 Å². The lowest BCUT2D eigenvalue weighted by atomic mass is 10.0. The van der Waals surface area contributed by atoms with Crippen molar-refractivity contribution >= 4 is 21.7 Å². The van der Waals surface area contributed by atoms with Crippen LogP contribution in [0.2, 0.25) is 0 Å². The van der Waals surface area contributed by atoms with Gasteiger partial charge in [-0.25, -0.2) is 9.37 Å². The quantitative estimate of drug-likeness (QED) is 0.839. The van der Waals surface area contributed by atoms with Gasteiger partial charge in [0.1, 0.15) is 11.6 Å². The number of halogens is 2. The number of aromatic nitrogens is 1. The maximum atomic E-state index is 13.2. The van der Waals surface area contributed by atoms with Crippen molar-refractivity contribution in [3.63, 3.8) is 0 Å². The van der Waals surface area contributed by atoms with Crippen LogP contribution in [0.1, 0.15) is 11.1 Å². The highest BCUT2D eigenvalue weighted by Crippen LogP contribution is 2.16. The van der Waals surface area contributed by atoms with E-state index in [2.05, 4.69) is 20.9 Å². The fourth-order valence-electron chi connectivity index (χ4n) is 1.87. The minimum Gasteiger partial charge on any atom is -0.481 e. The second-order valence-corrected chi connectivity index (χ2v) is 5.29. The molecule has 0 aliphatic heterocycles. The number of Topliss-reactive ketones (excluding diaryl/α,β-unsaturated/α-hetero) is 1. The van der Waals surface area contributed by atoms with E-state index in [0.29, 0.717) is 15.9 Å². The molecule has 0 saturated heterocycles. The van der Waals surface area contributed by atoms with Gasteiger partial charge in [0, 0.05) is 29.6 Å². The first-order valence-corrected chi connectivity index (χ1v) is 6.81. The summed E-state index contributed by atoms with van der Waals surface area (Å²) in [5.74, 6) is 0.165. The van der Waals surface area contributed by atoms with Gasteiger partial charge in [0.15, 0.2) is 0 Å². The van der Waals surface area contributed by atoms with Crippen LogP contribution in [0.4, 0.5) is 4.39 Å². The maximum absolute atomic E-state index is 13.2. The average molecular weight is 338 g/mol. The van der Waals surface area contributed by atoms with Crippen LogP contribution in [0.3, 0.4) is 0 Å². The summed E-state index contributed by atoms with van der Waals surface area (Å²) in [4.78, 5) is 16.0. The summed E-state index contributed by atoms with van der Waals surface area (Å²) in [6.07, 6.45) is 2.08. The van der Waals surface area contributed by atoms with Gasteiger partial charge in [-0.2, -0.15) is 0 Å². The maximum Gasteiger partial charge on any atom is 0.212 e. The molecule has 1 heterocycles. The van der Waals surface area contributed by atoms with Crippen molar-refractivity contribution in [2.75, 3.05) is 7.11 Å². The highest BCUT2D eigenvalue weighted by Gasteiger charge is 2.08. The molecule has 0 unspecified atom stereocenters. The van der Waals surface area contributed by atoms with Crippen molar-refractivity contribution in [3.8, 4) is 5.88 Å². The zero-order valence-corrected chi connectivity index (χ0v) is 12.5. The third-order valence-electron chi connectivity index (χ3n) is 2.73. The molecule has 20 heavy (non-hydrogen) atoms. The fourth-order valence-corrected chi connectivity index (χ4v) is 2.38. The van der Waals surface area contributed by atoms with E-state index in [4.69, 9.17) is 4.74 Å². The van der Waals surface area contributed by atoms with Gasteiger partial charge in [-0.05, 0) is 29.3 Å². The first-order valence-electron chi connectivity index (χ1n) is 6.02. The second-order valence-electron chi connectivity index (χ2n) is 4.38. The molecule has 0 aliphatic carbocycles.